The zero-order chi connectivity index (χ0) is 28.0. The molecule has 200 valence electrons. The Hall–Kier alpha value is -4.16. The molecule has 0 unspecified atom stereocenters. The van der Waals surface area contributed by atoms with Crippen molar-refractivity contribution in [1.29, 1.82) is 0 Å². The molecule has 0 saturated heterocycles. The number of allylic oxidation sites excluding steroid dienone is 6. The molecule has 4 aromatic rings. The number of hydrogen-bond acceptors (Lipinski definition) is 0. The summed E-state index contributed by atoms with van der Waals surface area (Å²) in [5.41, 5.74) is 13.1. The van der Waals surface area contributed by atoms with Crippen LogP contribution in [0.2, 0.25) is 0 Å². The molecule has 0 N–H and O–H groups in total. The maximum absolute atomic E-state index is 3.84. The molecule has 0 atom stereocenters. The number of benzene rings is 4. The van der Waals surface area contributed by atoms with E-state index in [0.29, 0.717) is 0 Å². The molecule has 1 aliphatic rings. The van der Waals surface area contributed by atoms with Crippen LogP contribution < -0.4 is 0 Å². The normalized spacial score (nSPS) is 13.4. The molecule has 0 amide bonds. The van der Waals surface area contributed by atoms with Crippen molar-refractivity contribution in [2.24, 2.45) is 0 Å². The Morgan fingerprint density at radius 1 is 0.625 bits per heavy atom. The lowest BCUT2D eigenvalue weighted by atomic mass is 9.66. The first-order valence-electron chi connectivity index (χ1n) is 14.5. The van der Waals surface area contributed by atoms with Gasteiger partial charge in [0, 0.05) is 0 Å². The Morgan fingerprint density at radius 3 is 1.82 bits per heavy atom. The summed E-state index contributed by atoms with van der Waals surface area (Å²) in [5.74, 6) is 0. The number of aryl methyl sites for hydroxylation is 3. The van der Waals surface area contributed by atoms with E-state index in [-0.39, 0.29) is 5.41 Å². The first kappa shape index (κ1) is 27.4. The molecule has 40 heavy (non-hydrogen) atoms. The van der Waals surface area contributed by atoms with E-state index in [4.69, 9.17) is 0 Å². The minimum atomic E-state index is -0.371. The van der Waals surface area contributed by atoms with Gasteiger partial charge in [0.05, 0.1) is 5.41 Å². The Morgan fingerprint density at radius 2 is 1.20 bits per heavy atom. The highest BCUT2D eigenvalue weighted by molar-refractivity contribution is 5.86. The third-order valence-corrected chi connectivity index (χ3v) is 8.15. The lowest BCUT2D eigenvalue weighted by molar-refractivity contribution is 0.736. The Labute approximate surface area is 241 Å². The molecule has 0 aromatic heterocycles. The zero-order valence-electron chi connectivity index (χ0n) is 24.0. The summed E-state index contributed by atoms with van der Waals surface area (Å²) in [6.45, 7) is 12.1. The number of fused-ring (bicyclic) bond motifs is 3. The van der Waals surface area contributed by atoms with Gasteiger partial charge in [0.25, 0.3) is 0 Å². The van der Waals surface area contributed by atoms with Crippen LogP contribution in [0.1, 0.15) is 63.8 Å². The largest absolute Gasteiger partial charge is 0.0991 e. The third kappa shape index (κ3) is 5.32. The quantitative estimate of drug-likeness (QED) is 0.120. The summed E-state index contributed by atoms with van der Waals surface area (Å²) in [5, 5.41) is 0. The van der Waals surface area contributed by atoms with E-state index in [2.05, 4.69) is 124 Å². The fraction of sp³-hybridized carbons (Fsp3) is 0.200. The van der Waals surface area contributed by atoms with Crippen LogP contribution in [-0.4, -0.2) is 0 Å². The highest BCUT2D eigenvalue weighted by Gasteiger charge is 2.46. The standard InChI is InChI=1S/C40H40/c1-5-7-9-10-11-13-17-33-19-15-21-35(29-33)40(34-20-14-18-32(28-34)16-12-8-6-2)38-26-30(3)22-24-36(38)37-25-23-31(4)27-39(37)40/h5-9,12,14-15,18-29H,1-2,10-11,13,16-17H2,3-4H3/b9-7+,12-8+. The second-order valence-corrected chi connectivity index (χ2v) is 11.0. The van der Waals surface area contributed by atoms with E-state index in [1.165, 1.54) is 68.5 Å². The van der Waals surface area contributed by atoms with Crippen molar-refractivity contribution in [3.63, 3.8) is 0 Å². The molecule has 0 spiro atoms. The molecule has 0 heterocycles. The van der Waals surface area contributed by atoms with Gasteiger partial charge in [-0.2, -0.15) is 0 Å². The number of hydrogen-bond donors (Lipinski definition) is 0. The number of rotatable bonds is 11. The predicted octanol–water partition coefficient (Wildman–Crippen LogP) is 10.4. The van der Waals surface area contributed by atoms with Gasteiger partial charge < -0.3 is 0 Å². The second-order valence-electron chi connectivity index (χ2n) is 11.0. The summed E-state index contributed by atoms with van der Waals surface area (Å²) in [6, 6.07) is 32.7. The van der Waals surface area contributed by atoms with Crippen LogP contribution in [0.15, 0.2) is 135 Å². The minimum absolute atomic E-state index is 0.371. The van der Waals surface area contributed by atoms with Gasteiger partial charge in [-0.25, -0.2) is 0 Å². The minimum Gasteiger partial charge on any atom is -0.0991 e. The Balaban J connectivity index is 1.69. The van der Waals surface area contributed by atoms with Crippen molar-refractivity contribution in [2.45, 2.75) is 51.4 Å². The van der Waals surface area contributed by atoms with Crippen LogP contribution in [0, 0.1) is 13.8 Å². The molecule has 5 rings (SSSR count). The lowest BCUT2D eigenvalue weighted by Crippen LogP contribution is -2.29. The molecule has 0 fully saturated rings. The summed E-state index contributed by atoms with van der Waals surface area (Å²) < 4.78 is 0. The fourth-order valence-electron chi connectivity index (χ4n) is 6.32. The van der Waals surface area contributed by atoms with E-state index in [1.807, 2.05) is 24.3 Å². The molecule has 0 saturated carbocycles. The van der Waals surface area contributed by atoms with Gasteiger partial charge in [-0.05, 0) is 90.5 Å². The Kier molecular flexibility index (Phi) is 8.46. The molecule has 4 aromatic carbocycles. The molecule has 0 nitrogen and oxygen atoms in total. The smallest absolute Gasteiger partial charge is 0.0713 e. The van der Waals surface area contributed by atoms with E-state index in [0.717, 1.165) is 19.3 Å². The average Bonchev–Trinajstić information content (AvgIpc) is 3.24. The van der Waals surface area contributed by atoms with Crippen molar-refractivity contribution >= 4 is 0 Å². The lowest BCUT2D eigenvalue weighted by Gasteiger charge is -2.35. The fourth-order valence-corrected chi connectivity index (χ4v) is 6.32. The maximum Gasteiger partial charge on any atom is 0.0713 e. The summed E-state index contributed by atoms with van der Waals surface area (Å²) >= 11 is 0. The van der Waals surface area contributed by atoms with Gasteiger partial charge in [-0.1, -0.05) is 146 Å². The van der Waals surface area contributed by atoms with Crippen LogP contribution in [0.5, 0.6) is 0 Å². The third-order valence-electron chi connectivity index (χ3n) is 8.15. The Bertz CT molecular complexity index is 1520. The molecular weight excluding hydrogens is 480 g/mol. The van der Waals surface area contributed by atoms with E-state index < -0.39 is 0 Å². The van der Waals surface area contributed by atoms with Gasteiger partial charge >= 0.3 is 0 Å². The molecular formula is C40H40. The van der Waals surface area contributed by atoms with Crippen LogP contribution >= 0.6 is 0 Å². The molecule has 0 aliphatic heterocycles. The van der Waals surface area contributed by atoms with Crippen LogP contribution in [0.4, 0.5) is 0 Å². The summed E-state index contributed by atoms with van der Waals surface area (Å²) in [4.78, 5) is 0. The zero-order valence-corrected chi connectivity index (χ0v) is 24.0. The second kappa shape index (κ2) is 12.3. The summed E-state index contributed by atoms with van der Waals surface area (Å²) in [6.07, 6.45) is 17.6. The van der Waals surface area contributed by atoms with Gasteiger partial charge in [-0.15, -0.1) is 0 Å². The van der Waals surface area contributed by atoms with Crippen molar-refractivity contribution in [1.82, 2.24) is 0 Å². The van der Waals surface area contributed by atoms with Crippen LogP contribution in [-0.2, 0) is 18.3 Å². The van der Waals surface area contributed by atoms with Gasteiger partial charge in [0.15, 0.2) is 0 Å². The molecule has 1 aliphatic carbocycles. The van der Waals surface area contributed by atoms with Gasteiger partial charge in [-0.3, -0.25) is 0 Å². The van der Waals surface area contributed by atoms with Crippen molar-refractivity contribution in [3.8, 4) is 11.1 Å². The number of unbranched alkanes of at least 4 members (excludes halogenated alkanes) is 2. The van der Waals surface area contributed by atoms with E-state index >= 15 is 0 Å². The van der Waals surface area contributed by atoms with E-state index in [1.54, 1.807) is 0 Å². The molecule has 0 bridgehead atoms. The van der Waals surface area contributed by atoms with Crippen LogP contribution in [0.25, 0.3) is 11.1 Å². The van der Waals surface area contributed by atoms with Crippen molar-refractivity contribution in [3.05, 3.63) is 179 Å². The predicted molar refractivity (Wildman–Crippen MR) is 173 cm³/mol. The summed E-state index contributed by atoms with van der Waals surface area (Å²) in [7, 11) is 0. The van der Waals surface area contributed by atoms with Gasteiger partial charge in [0.1, 0.15) is 0 Å². The SMILES string of the molecule is C=C/C=C/CCCCc1cccc(C2(c3cccc(C/C=C/C=C)c3)c3cc(C)ccc3-c3ccc(C)cc32)c1. The monoisotopic (exact) mass is 520 g/mol. The highest BCUT2D eigenvalue weighted by atomic mass is 14.5. The van der Waals surface area contributed by atoms with E-state index in [9.17, 15) is 0 Å². The van der Waals surface area contributed by atoms with Crippen molar-refractivity contribution in [2.75, 3.05) is 0 Å². The first-order valence-corrected chi connectivity index (χ1v) is 14.5. The van der Waals surface area contributed by atoms with Crippen molar-refractivity contribution < 1.29 is 0 Å². The maximum atomic E-state index is 3.84. The first-order chi connectivity index (χ1) is 19.6. The van der Waals surface area contributed by atoms with Gasteiger partial charge in [0.2, 0.25) is 0 Å². The molecule has 0 radical (unpaired) electrons. The highest BCUT2D eigenvalue weighted by Crippen LogP contribution is 2.56. The molecule has 0 heteroatoms. The average molecular weight is 521 g/mol. The van der Waals surface area contributed by atoms with Crippen LogP contribution in [0.3, 0.4) is 0 Å². The topological polar surface area (TPSA) is 0 Å².